The van der Waals surface area contributed by atoms with Crippen LogP contribution in [0.15, 0.2) is 107 Å². The molecule has 1 heterocycles. The minimum Gasteiger partial charge on any atom is -0.457 e. The van der Waals surface area contributed by atoms with Gasteiger partial charge < -0.3 is 9.64 Å². The Balaban J connectivity index is 1.67. The third-order valence-corrected chi connectivity index (χ3v) is 5.45. The van der Waals surface area contributed by atoms with Crippen LogP contribution in [0.5, 0.6) is 11.5 Å². The molecule has 1 unspecified atom stereocenters. The number of hydrogen-bond acceptors (Lipinski definition) is 5. The quantitative estimate of drug-likeness (QED) is 0.326. The monoisotopic (exact) mass is 455 g/mol. The number of benzene rings is 3. The number of carbonyl (C=O) groups excluding carboxylic acids is 1. The van der Waals surface area contributed by atoms with Crippen LogP contribution >= 0.6 is 0 Å². The highest BCUT2D eigenvalue weighted by Crippen LogP contribution is 2.30. The Bertz CT molecular complexity index is 1280. The van der Waals surface area contributed by atoms with E-state index < -0.39 is 12.1 Å². The van der Waals surface area contributed by atoms with Crippen LogP contribution < -0.4 is 4.74 Å². The van der Waals surface area contributed by atoms with Crippen molar-refractivity contribution in [2.24, 2.45) is 10.2 Å². The highest BCUT2D eigenvalue weighted by atomic mass is 19.1. The Morgan fingerprint density at radius 2 is 1.74 bits per heavy atom. The minimum absolute atomic E-state index is 0.0575. The lowest BCUT2D eigenvalue weighted by Crippen LogP contribution is -2.34. The number of aliphatic imine (C=N–C) groups is 1. The number of allylic oxidation sites excluding steroid dienone is 1. The SMILES string of the molecule is C=C(CC1N=C(c2ccc(Oc3ccccc3)cc2)C=C(c2cccc(F)c2)N1C)C(=O)N=O. The fourth-order valence-electron chi connectivity index (χ4n) is 3.64. The van der Waals surface area contributed by atoms with Crippen molar-refractivity contribution in [3.63, 3.8) is 0 Å². The minimum atomic E-state index is -0.908. The molecule has 1 amide bonds. The normalized spacial score (nSPS) is 15.2. The summed E-state index contributed by atoms with van der Waals surface area (Å²) < 4.78 is 19.8. The fourth-order valence-corrected chi connectivity index (χ4v) is 3.64. The van der Waals surface area contributed by atoms with Gasteiger partial charge in [0.25, 0.3) is 0 Å². The van der Waals surface area contributed by atoms with E-state index in [1.54, 1.807) is 19.2 Å². The Morgan fingerprint density at radius 3 is 2.41 bits per heavy atom. The first-order valence-electron chi connectivity index (χ1n) is 10.6. The van der Waals surface area contributed by atoms with Gasteiger partial charge in [-0.3, -0.25) is 9.79 Å². The zero-order valence-corrected chi connectivity index (χ0v) is 18.5. The first-order valence-corrected chi connectivity index (χ1v) is 10.6. The molecule has 1 aliphatic heterocycles. The summed E-state index contributed by atoms with van der Waals surface area (Å²) in [6, 6.07) is 23.1. The first-order chi connectivity index (χ1) is 16.4. The summed E-state index contributed by atoms with van der Waals surface area (Å²) in [5, 5.41) is 2.46. The standard InChI is InChI=1S/C27H22FN3O3/c1-18(27(32)30-33)15-26-29-24(17-25(31(26)2)20-7-6-8-21(28)16-20)19-11-13-23(14-12-19)34-22-9-4-3-5-10-22/h3-14,16-17,26H,1,15H2,2H3. The van der Waals surface area contributed by atoms with Gasteiger partial charge in [0.2, 0.25) is 0 Å². The highest BCUT2D eigenvalue weighted by Gasteiger charge is 2.26. The van der Waals surface area contributed by atoms with Crippen LogP contribution in [0.1, 0.15) is 17.5 Å². The van der Waals surface area contributed by atoms with E-state index in [1.165, 1.54) is 12.1 Å². The molecule has 0 saturated heterocycles. The van der Waals surface area contributed by atoms with Gasteiger partial charge >= 0.3 is 5.91 Å². The van der Waals surface area contributed by atoms with Crippen LogP contribution in [0.4, 0.5) is 4.39 Å². The van der Waals surface area contributed by atoms with E-state index in [-0.39, 0.29) is 17.8 Å². The lowest BCUT2D eigenvalue weighted by atomic mass is 10.0. The summed E-state index contributed by atoms with van der Waals surface area (Å²) in [5.74, 6) is 0.131. The van der Waals surface area contributed by atoms with E-state index in [2.05, 4.69) is 11.8 Å². The van der Waals surface area contributed by atoms with Crippen molar-refractivity contribution >= 4 is 17.3 Å². The summed E-state index contributed by atoms with van der Waals surface area (Å²) in [6.07, 6.45) is 1.43. The van der Waals surface area contributed by atoms with Crippen LogP contribution in [0, 0.1) is 10.7 Å². The van der Waals surface area contributed by atoms with Crippen molar-refractivity contribution in [3.8, 4) is 11.5 Å². The van der Waals surface area contributed by atoms with Crippen LogP contribution in [0.3, 0.4) is 0 Å². The molecule has 4 rings (SSSR count). The van der Waals surface area contributed by atoms with Crippen molar-refractivity contribution < 1.29 is 13.9 Å². The Morgan fingerprint density at radius 1 is 1.03 bits per heavy atom. The molecule has 0 spiro atoms. The van der Waals surface area contributed by atoms with E-state index in [1.807, 2.05) is 65.6 Å². The summed E-state index contributed by atoms with van der Waals surface area (Å²) >= 11 is 0. The number of hydrogen-bond donors (Lipinski definition) is 0. The van der Waals surface area contributed by atoms with Crippen LogP contribution in [-0.4, -0.2) is 29.7 Å². The van der Waals surface area contributed by atoms with Gasteiger partial charge in [-0.2, -0.15) is 0 Å². The number of ether oxygens (including phenoxy) is 1. The van der Waals surface area contributed by atoms with Crippen molar-refractivity contribution in [1.29, 1.82) is 0 Å². The first kappa shape index (κ1) is 22.8. The van der Waals surface area contributed by atoms with Crippen molar-refractivity contribution in [2.45, 2.75) is 12.6 Å². The second kappa shape index (κ2) is 10.0. The lowest BCUT2D eigenvalue weighted by molar-refractivity contribution is -0.114. The van der Waals surface area contributed by atoms with Gasteiger partial charge in [-0.05, 0) is 54.6 Å². The van der Waals surface area contributed by atoms with E-state index in [9.17, 15) is 14.1 Å². The zero-order chi connectivity index (χ0) is 24.1. The largest absolute Gasteiger partial charge is 0.457 e. The number of halogens is 1. The molecule has 0 radical (unpaired) electrons. The second-order valence-electron chi connectivity index (χ2n) is 7.79. The van der Waals surface area contributed by atoms with E-state index in [0.29, 0.717) is 17.0 Å². The van der Waals surface area contributed by atoms with Crippen molar-refractivity contribution in [2.75, 3.05) is 7.05 Å². The number of para-hydroxylation sites is 1. The van der Waals surface area contributed by atoms with Gasteiger partial charge in [0.05, 0.1) is 5.71 Å². The average Bonchev–Trinajstić information content (AvgIpc) is 2.86. The maximum Gasteiger partial charge on any atom is 0.312 e. The molecular formula is C27H22FN3O3. The Kier molecular flexibility index (Phi) is 6.73. The number of rotatable bonds is 7. The Hall–Kier alpha value is -4.39. The molecule has 0 saturated carbocycles. The Labute approximate surface area is 196 Å². The number of carbonyl (C=O) groups is 1. The van der Waals surface area contributed by atoms with E-state index >= 15 is 0 Å². The number of nitrogens with zero attached hydrogens (tertiary/aromatic N) is 3. The van der Waals surface area contributed by atoms with Crippen LogP contribution in [0.25, 0.3) is 5.70 Å². The van der Waals surface area contributed by atoms with Gasteiger partial charge in [0, 0.05) is 41.0 Å². The lowest BCUT2D eigenvalue weighted by Gasteiger charge is -2.33. The summed E-state index contributed by atoms with van der Waals surface area (Å²) in [7, 11) is 1.80. The van der Waals surface area contributed by atoms with E-state index in [4.69, 9.17) is 9.73 Å². The third-order valence-electron chi connectivity index (χ3n) is 5.45. The molecule has 3 aromatic carbocycles. The predicted octanol–water partition coefficient (Wildman–Crippen LogP) is 5.96. The molecule has 1 aliphatic rings. The molecule has 0 aliphatic carbocycles. The van der Waals surface area contributed by atoms with Crippen LogP contribution in [-0.2, 0) is 4.79 Å². The second-order valence-corrected chi connectivity index (χ2v) is 7.79. The molecule has 34 heavy (non-hydrogen) atoms. The van der Waals surface area contributed by atoms with Gasteiger partial charge in [-0.25, -0.2) is 4.39 Å². The zero-order valence-electron chi connectivity index (χ0n) is 18.5. The van der Waals surface area contributed by atoms with Gasteiger partial charge in [-0.1, -0.05) is 36.9 Å². The molecule has 0 aromatic heterocycles. The molecule has 0 bridgehead atoms. The van der Waals surface area contributed by atoms with Gasteiger partial charge in [0.15, 0.2) is 0 Å². The third kappa shape index (κ3) is 5.15. The van der Waals surface area contributed by atoms with E-state index in [0.717, 1.165) is 17.0 Å². The molecule has 7 heteroatoms. The molecule has 1 atom stereocenters. The summed E-state index contributed by atoms with van der Waals surface area (Å²) in [4.78, 5) is 29.0. The van der Waals surface area contributed by atoms with Crippen LogP contribution in [0.2, 0.25) is 0 Å². The van der Waals surface area contributed by atoms with Crippen molar-refractivity contribution in [1.82, 2.24) is 4.90 Å². The maximum absolute atomic E-state index is 14.0. The molecule has 6 nitrogen and oxygen atoms in total. The molecular weight excluding hydrogens is 433 g/mol. The number of amides is 1. The smallest absolute Gasteiger partial charge is 0.312 e. The molecule has 0 fully saturated rings. The topological polar surface area (TPSA) is 71.3 Å². The molecule has 170 valence electrons. The average molecular weight is 455 g/mol. The van der Waals surface area contributed by atoms with Gasteiger partial charge in [0.1, 0.15) is 23.5 Å². The summed E-state index contributed by atoms with van der Waals surface area (Å²) in [5.41, 5.74) is 2.90. The maximum atomic E-state index is 14.0. The highest BCUT2D eigenvalue weighted by molar-refractivity contribution is 6.13. The fraction of sp³-hybridized carbons (Fsp3) is 0.111. The predicted molar refractivity (Wildman–Crippen MR) is 130 cm³/mol. The van der Waals surface area contributed by atoms with Crippen molar-refractivity contribution in [3.05, 3.63) is 119 Å². The van der Waals surface area contributed by atoms with Gasteiger partial charge in [-0.15, -0.1) is 4.91 Å². The number of nitroso groups, excluding NO2 is 1. The summed E-state index contributed by atoms with van der Waals surface area (Å²) in [6.45, 7) is 3.68. The molecule has 0 N–H and O–H groups in total. The molecule has 3 aromatic rings.